The standard InChI is InChI=1S/C17H27NO/c1-13(2)11-18-12-15-8-6-10-19-17(15)16-9-5-4-7-14(16)3/h4-5,7,9,13,15,17-18H,6,8,10-12H2,1-3H3. The fourth-order valence-electron chi connectivity index (χ4n) is 2.86. The Balaban J connectivity index is 2.02. The monoisotopic (exact) mass is 261 g/mol. The summed E-state index contributed by atoms with van der Waals surface area (Å²) in [4.78, 5) is 0. The van der Waals surface area contributed by atoms with Gasteiger partial charge in [0.2, 0.25) is 0 Å². The molecule has 1 saturated heterocycles. The second kappa shape index (κ2) is 7.06. The van der Waals surface area contributed by atoms with Gasteiger partial charge in [0.15, 0.2) is 0 Å². The predicted octanol–water partition coefficient (Wildman–Crippen LogP) is 3.71. The molecule has 1 aromatic carbocycles. The molecule has 1 N–H and O–H groups in total. The molecule has 0 spiro atoms. The molecule has 2 heteroatoms. The van der Waals surface area contributed by atoms with Crippen molar-refractivity contribution in [3.8, 4) is 0 Å². The van der Waals surface area contributed by atoms with E-state index < -0.39 is 0 Å². The summed E-state index contributed by atoms with van der Waals surface area (Å²) in [6.07, 6.45) is 2.73. The maximum absolute atomic E-state index is 6.07. The number of nitrogens with one attached hydrogen (secondary N) is 1. The third-order valence-electron chi connectivity index (χ3n) is 3.90. The molecule has 2 nitrogen and oxygen atoms in total. The van der Waals surface area contributed by atoms with Crippen LogP contribution in [-0.4, -0.2) is 19.7 Å². The van der Waals surface area contributed by atoms with Gasteiger partial charge in [-0.3, -0.25) is 0 Å². The first-order chi connectivity index (χ1) is 9.18. The first-order valence-electron chi connectivity index (χ1n) is 7.56. The Kier molecular flexibility index (Phi) is 5.41. The first-order valence-corrected chi connectivity index (χ1v) is 7.56. The van der Waals surface area contributed by atoms with Gasteiger partial charge in [0.1, 0.15) is 0 Å². The maximum Gasteiger partial charge on any atom is 0.0867 e. The highest BCUT2D eigenvalue weighted by Crippen LogP contribution is 2.34. The summed E-state index contributed by atoms with van der Waals surface area (Å²) in [6.45, 7) is 9.76. The number of rotatable bonds is 5. The third-order valence-corrected chi connectivity index (χ3v) is 3.90. The molecule has 1 aliphatic heterocycles. The molecule has 2 rings (SSSR count). The molecule has 2 atom stereocenters. The molecule has 0 radical (unpaired) electrons. The van der Waals surface area contributed by atoms with Crippen molar-refractivity contribution in [2.75, 3.05) is 19.7 Å². The molecular weight excluding hydrogens is 234 g/mol. The maximum atomic E-state index is 6.07. The Morgan fingerprint density at radius 3 is 2.84 bits per heavy atom. The summed E-state index contributed by atoms with van der Waals surface area (Å²) < 4.78 is 6.07. The van der Waals surface area contributed by atoms with E-state index in [1.807, 2.05) is 0 Å². The summed E-state index contributed by atoms with van der Waals surface area (Å²) >= 11 is 0. The van der Waals surface area contributed by atoms with Crippen LogP contribution in [0.1, 0.15) is 43.9 Å². The van der Waals surface area contributed by atoms with Gasteiger partial charge >= 0.3 is 0 Å². The minimum Gasteiger partial charge on any atom is -0.373 e. The van der Waals surface area contributed by atoms with Crippen molar-refractivity contribution in [2.45, 2.75) is 39.7 Å². The average molecular weight is 261 g/mol. The average Bonchev–Trinajstić information content (AvgIpc) is 2.40. The predicted molar refractivity (Wildman–Crippen MR) is 80.3 cm³/mol. The van der Waals surface area contributed by atoms with E-state index in [-0.39, 0.29) is 6.10 Å². The smallest absolute Gasteiger partial charge is 0.0867 e. The van der Waals surface area contributed by atoms with Crippen LogP contribution in [0.2, 0.25) is 0 Å². The van der Waals surface area contributed by atoms with Gasteiger partial charge in [0, 0.05) is 19.1 Å². The van der Waals surface area contributed by atoms with E-state index in [9.17, 15) is 0 Å². The van der Waals surface area contributed by atoms with E-state index in [4.69, 9.17) is 4.74 Å². The second-order valence-electron chi connectivity index (χ2n) is 6.10. The second-order valence-corrected chi connectivity index (χ2v) is 6.10. The fourth-order valence-corrected chi connectivity index (χ4v) is 2.86. The van der Waals surface area contributed by atoms with Crippen LogP contribution < -0.4 is 5.32 Å². The molecular formula is C17H27NO. The minimum atomic E-state index is 0.273. The molecule has 1 aliphatic rings. The van der Waals surface area contributed by atoms with Gasteiger partial charge in [-0.2, -0.15) is 0 Å². The number of ether oxygens (including phenoxy) is 1. The molecule has 0 aromatic heterocycles. The van der Waals surface area contributed by atoms with Crippen LogP contribution in [0.15, 0.2) is 24.3 Å². The number of aryl methyl sites for hydroxylation is 1. The lowest BCUT2D eigenvalue weighted by Crippen LogP contribution is -2.33. The lowest BCUT2D eigenvalue weighted by atomic mass is 9.87. The molecule has 0 bridgehead atoms. The molecule has 1 heterocycles. The fraction of sp³-hybridized carbons (Fsp3) is 0.647. The zero-order valence-corrected chi connectivity index (χ0v) is 12.5. The summed E-state index contributed by atoms with van der Waals surface area (Å²) in [5.74, 6) is 1.31. The van der Waals surface area contributed by atoms with Gasteiger partial charge in [-0.1, -0.05) is 38.1 Å². The van der Waals surface area contributed by atoms with E-state index in [0.717, 1.165) is 19.7 Å². The van der Waals surface area contributed by atoms with Crippen molar-refractivity contribution in [2.24, 2.45) is 11.8 Å². The minimum absolute atomic E-state index is 0.273. The summed E-state index contributed by atoms with van der Waals surface area (Å²) in [7, 11) is 0. The van der Waals surface area contributed by atoms with Crippen LogP contribution in [0.3, 0.4) is 0 Å². The lowest BCUT2D eigenvalue weighted by Gasteiger charge is -2.33. The van der Waals surface area contributed by atoms with Crippen molar-refractivity contribution < 1.29 is 4.74 Å². The Bertz CT molecular complexity index is 389. The van der Waals surface area contributed by atoms with Gasteiger partial charge in [-0.05, 0) is 43.4 Å². The quantitative estimate of drug-likeness (QED) is 0.872. The van der Waals surface area contributed by atoms with Crippen LogP contribution in [0.4, 0.5) is 0 Å². The zero-order chi connectivity index (χ0) is 13.7. The van der Waals surface area contributed by atoms with Gasteiger partial charge in [-0.25, -0.2) is 0 Å². The van der Waals surface area contributed by atoms with E-state index >= 15 is 0 Å². The van der Waals surface area contributed by atoms with E-state index in [1.54, 1.807) is 0 Å². The van der Waals surface area contributed by atoms with Crippen LogP contribution in [0.25, 0.3) is 0 Å². The van der Waals surface area contributed by atoms with Crippen LogP contribution in [0.5, 0.6) is 0 Å². The van der Waals surface area contributed by atoms with Crippen molar-refractivity contribution in [3.05, 3.63) is 35.4 Å². The molecule has 106 valence electrons. The van der Waals surface area contributed by atoms with Crippen molar-refractivity contribution in [3.63, 3.8) is 0 Å². The van der Waals surface area contributed by atoms with E-state index in [0.29, 0.717) is 11.8 Å². The van der Waals surface area contributed by atoms with Gasteiger partial charge in [0.25, 0.3) is 0 Å². The van der Waals surface area contributed by atoms with Crippen molar-refractivity contribution >= 4 is 0 Å². The Hall–Kier alpha value is -0.860. The van der Waals surface area contributed by atoms with Gasteiger partial charge in [0.05, 0.1) is 6.10 Å². The molecule has 2 unspecified atom stereocenters. The van der Waals surface area contributed by atoms with Crippen molar-refractivity contribution in [1.29, 1.82) is 0 Å². The largest absolute Gasteiger partial charge is 0.373 e. The van der Waals surface area contributed by atoms with Crippen LogP contribution in [0, 0.1) is 18.8 Å². The third kappa shape index (κ3) is 4.05. The Morgan fingerprint density at radius 2 is 2.11 bits per heavy atom. The van der Waals surface area contributed by atoms with Gasteiger partial charge in [-0.15, -0.1) is 0 Å². The molecule has 0 amide bonds. The normalized spacial score (nSPS) is 23.8. The Morgan fingerprint density at radius 1 is 1.32 bits per heavy atom. The molecule has 0 saturated carbocycles. The van der Waals surface area contributed by atoms with Crippen LogP contribution >= 0.6 is 0 Å². The van der Waals surface area contributed by atoms with E-state index in [2.05, 4.69) is 50.4 Å². The van der Waals surface area contributed by atoms with Crippen molar-refractivity contribution in [1.82, 2.24) is 5.32 Å². The highest BCUT2D eigenvalue weighted by molar-refractivity contribution is 5.28. The molecule has 1 fully saturated rings. The Labute approximate surface area is 117 Å². The zero-order valence-electron chi connectivity index (χ0n) is 12.5. The topological polar surface area (TPSA) is 21.3 Å². The molecule has 1 aromatic rings. The SMILES string of the molecule is Cc1ccccc1C1OCCCC1CNCC(C)C. The number of hydrogen-bond donors (Lipinski definition) is 1. The molecule has 19 heavy (non-hydrogen) atoms. The number of benzene rings is 1. The highest BCUT2D eigenvalue weighted by Gasteiger charge is 2.27. The lowest BCUT2D eigenvalue weighted by molar-refractivity contribution is -0.0282. The molecule has 0 aliphatic carbocycles. The van der Waals surface area contributed by atoms with Crippen LogP contribution in [-0.2, 0) is 4.74 Å². The first kappa shape index (κ1) is 14.5. The summed E-state index contributed by atoms with van der Waals surface area (Å²) in [6, 6.07) is 8.64. The summed E-state index contributed by atoms with van der Waals surface area (Å²) in [5.41, 5.74) is 2.72. The highest BCUT2D eigenvalue weighted by atomic mass is 16.5. The van der Waals surface area contributed by atoms with Gasteiger partial charge < -0.3 is 10.1 Å². The summed E-state index contributed by atoms with van der Waals surface area (Å²) in [5, 5.41) is 3.59. The van der Waals surface area contributed by atoms with E-state index in [1.165, 1.54) is 24.0 Å². The number of hydrogen-bond acceptors (Lipinski definition) is 2.